The van der Waals surface area contributed by atoms with Crippen LogP contribution in [0.4, 0.5) is 4.39 Å². The van der Waals surface area contributed by atoms with Gasteiger partial charge in [0.25, 0.3) is 0 Å². The summed E-state index contributed by atoms with van der Waals surface area (Å²) in [5, 5.41) is 0.582. The first-order valence-corrected chi connectivity index (χ1v) is 6.46. The molecule has 2 aromatic carbocycles. The van der Waals surface area contributed by atoms with Gasteiger partial charge in [0.05, 0.1) is 4.47 Å². The maximum atomic E-state index is 13.3. The van der Waals surface area contributed by atoms with Crippen molar-refractivity contribution in [3.05, 3.63) is 68.9 Å². The van der Waals surface area contributed by atoms with Crippen LogP contribution in [-0.4, -0.2) is 5.78 Å². The minimum Gasteiger partial charge on any atom is -0.294 e. The Kier molecular flexibility index (Phi) is 4.15. The first kappa shape index (κ1) is 13.2. The molecule has 4 heteroatoms. The van der Waals surface area contributed by atoms with Crippen molar-refractivity contribution in [2.45, 2.75) is 6.42 Å². The summed E-state index contributed by atoms with van der Waals surface area (Å²) in [4.78, 5) is 12.1. The van der Waals surface area contributed by atoms with Crippen LogP contribution in [0.5, 0.6) is 0 Å². The van der Waals surface area contributed by atoms with Gasteiger partial charge in [-0.25, -0.2) is 4.39 Å². The van der Waals surface area contributed by atoms with Gasteiger partial charge >= 0.3 is 0 Å². The highest BCUT2D eigenvalue weighted by molar-refractivity contribution is 9.10. The van der Waals surface area contributed by atoms with Gasteiger partial charge in [0.2, 0.25) is 0 Å². The molecule has 0 aliphatic rings. The fraction of sp³-hybridized carbons (Fsp3) is 0.0714. The molecule has 0 N–H and O–H groups in total. The lowest BCUT2D eigenvalue weighted by Crippen LogP contribution is -2.05. The average molecular weight is 328 g/mol. The molecular weight excluding hydrogens is 319 g/mol. The zero-order valence-corrected chi connectivity index (χ0v) is 11.6. The highest BCUT2D eigenvalue weighted by Crippen LogP contribution is 2.22. The van der Waals surface area contributed by atoms with Crippen LogP contribution in [0, 0.1) is 5.82 Å². The molecule has 0 aliphatic carbocycles. The Hall–Kier alpha value is -1.19. The van der Waals surface area contributed by atoms with Crippen LogP contribution in [0.25, 0.3) is 0 Å². The van der Waals surface area contributed by atoms with Gasteiger partial charge in [-0.3, -0.25) is 4.79 Å². The number of rotatable bonds is 3. The smallest absolute Gasteiger partial charge is 0.168 e. The lowest BCUT2D eigenvalue weighted by Gasteiger charge is -2.05. The van der Waals surface area contributed by atoms with Gasteiger partial charge in [-0.1, -0.05) is 35.9 Å². The van der Waals surface area contributed by atoms with Crippen molar-refractivity contribution in [2.24, 2.45) is 0 Å². The zero-order valence-electron chi connectivity index (χ0n) is 9.29. The standard InChI is InChI=1S/C14H9BrClFO/c15-14-11(5-2-6-12(14)17)13(18)8-9-3-1-4-10(16)7-9/h1-7H,8H2. The molecule has 0 amide bonds. The van der Waals surface area contributed by atoms with Crippen molar-refractivity contribution < 1.29 is 9.18 Å². The summed E-state index contributed by atoms with van der Waals surface area (Å²) in [7, 11) is 0. The van der Waals surface area contributed by atoms with Crippen molar-refractivity contribution in [2.75, 3.05) is 0 Å². The second-order valence-electron chi connectivity index (χ2n) is 3.83. The van der Waals surface area contributed by atoms with Gasteiger partial charge in [-0.05, 0) is 39.7 Å². The van der Waals surface area contributed by atoms with Crippen LogP contribution in [0.1, 0.15) is 15.9 Å². The number of halogens is 3. The zero-order chi connectivity index (χ0) is 13.1. The SMILES string of the molecule is O=C(Cc1cccc(Cl)c1)c1cccc(F)c1Br. The van der Waals surface area contributed by atoms with Crippen LogP contribution < -0.4 is 0 Å². The molecule has 0 saturated heterocycles. The van der Waals surface area contributed by atoms with Crippen LogP contribution in [-0.2, 0) is 6.42 Å². The molecule has 0 saturated carbocycles. The highest BCUT2D eigenvalue weighted by atomic mass is 79.9. The largest absolute Gasteiger partial charge is 0.294 e. The third-order valence-electron chi connectivity index (χ3n) is 2.51. The monoisotopic (exact) mass is 326 g/mol. The van der Waals surface area contributed by atoms with Gasteiger partial charge in [-0.15, -0.1) is 0 Å². The Morgan fingerprint density at radius 1 is 1.22 bits per heavy atom. The van der Waals surface area contributed by atoms with Gasteiger partial charge in [0.15, 0.2) is 5.78 Å². The van der Waals surface area contributed by atoms with E-state index in [4.69, 9.17) is 11.6 Å². The van der Waals surface area contributed by atoms with E-state index >= 15 is 0 Å². The summed E-state index contributed by atoms with van der Waals surface area (Å²) in [5.74, 6) is -0.587. The summed E-state index contributed by atoms with van der Waals surface area (Å²) in [5.41, 5.74) is 1.15. The molecular formula is C14H9BrClFO. The molecule has 0 bridgehead atoms. The van der Waals surface area contributed by atoms with Crippen LogP contribution in [0.2, 0.25) is 5.02 Å². The molecule has 1 nitrogen and oxygen atoms in total. The Morgan fingerprint density at radius 3 is 2.67 bits per heavy atom. The molecule has 0 unspecified atom stereocenters. The van der Waals surface area contributed by atoms with Gasteiger partial charge in [-0.2, -0.15) is 0 Å². The second-order valence-corrected chi connectivity index (χ2v) is 5.06. The lowest BCUT2D eigenvalue weighted by molar-refractivity contribution is 0.0991. The molecule has 92 valence electrons. The summed E-state index contributed by atoms with van der Waals surface area (Å²) < 4.78 is 13.5. The first-order valence-electron chi connectivity index (χ1n) is 5.29. The van der Waals surface area contributed by atoms with E-state index < -0.39 is 5.82 Å². The Balaban J connectivity index is 2.25. The molecule has 0 radical (unpaired) electrons. The van der Waals surface area contributed by atoms with E-state index in [2.05, 4.69) is 15.9 Å². The fourth-order valence-corrected chi connectivity index (χ4v) is 2.35. The van der Waals surface area contributed by atoms with E-state index in [1.54, 1.807) is 24.3 Å². The quantitative estimate of drug-likeness (QED) is 0.749. The normalized spacial score (nSPS) is 10.4. The van der Waals surface area contributed by atoms with Crippen molar-refractivity contribution in [3.63, 3.8) is 0 Å². The van der Waals surface area contributed by atoms with Gasteiger partial charge < -0.3 is 0 Å². The number of ketones is 1. The molecule has 0 aromatic heterocycles. The predicted molar refractivity (Wildman–Crippen MR) is 73.6 cm³/mol. The Bertz CT molecular complexity index is 598. The first-order chi connectivity index (χ1) is 8.58. The van der Waals surface area contributed by atoms with Gasteiger partial charge in [0, 0.05) is 17.0 Å². The molecule has 0 heterocycles. The number of hydrogen-bond donors (Lipinski definition) is 0. The topological polar surface area (TPSA) is 17.1 Å². The van der Waals surface area contributed by atoms with Crippen LogP contribution in [0.15, 0.2) is 46.9 Å². The summed E-state index contributed by atoms with van der Waals surface area (Å²) >= 11 is 8.94. The minimum atomic E-state index is -0.438. The number of benzene rings is 2. The Morgan fingerprint density at radius 2 is 1.94 bits per heavy atom. The molecule has 0 spiro atoms. The molecule has 2 aromatic rings. The number of carbonyl (C=O) groups excluding carboxylic acids is 1. The van der Waals surface area contributed by atoms with Crippen molar-refractivity contribution in [1.82, 2.24) is 0 Å². The third-order valence-corrected chi connectivity index (χ3v) is 3.55. The second kappa shape index (κ2) is 5.63. The van der Waals surface area contributed by atoms with Crippen molar-refractivity contribution in [1.29, 1.82) is 0 Å². The molecule has 0 fully saturated rings. The average Bonchev–Trinajstić information content (AvgIpc) is 2.32. The van der Waals surface area contributed by atoms with E-state index in [0.29, 0.717) is 10.6 Å². The molecule has 18 heavy (non-hydrogen) atoms. The lowest BCUT2D eigenvalue weighted by atomic mass is 10.0. The molecule has 2 rings (SSSR count). The summed E-state index contributed by atoms with van der Waals surface area (Å²) in [6.07, 6.45) is 0.197. The van der Waals surface area contributed by atoms with E-state index in [1.807, 2.05) is 6.07 Å². The molecule has 0 atom stereocenters. The van der Waals surface area contributed by atoms with Crippen molar-refractivity contribution >= 4 is 33.3 Å². The van der Waals surface area contributed by atoms with E-state index in [0.717, 1.165) is 5.56 Å². The molecule has 0 aliphatic heterocycles. The van der Waals surface area contributed by atoms with Gasteiger partial charge in [0.1, 0.15) is 5.82 Å². The van der Waals surface area contributed by atoms with Crippen LogP contribution in [0.3, 0.4) is 0 Å². The predicted octanol–water partition coefficient (Wildman–Crippen LogP) is 4.67. The van der Waals surface area contributed by atoms with Crippen molar-refractivity contribution in [3.8, 4) is 0 Å². The van der Waals surface area contributed by atoms with E-state index in [1.165, 1.54) is 12.1 Å². The third kappa shape index (κ3) is 2.98. The minimum absolute atomic E-state index is 0.149. The maximum Gasteiger partial charge on any atom is 0.168 e. The van der Waals surface area contributed by atoms with E-state index in [9.17, 15) is 9.18 Å². The maximum absolute atomic E-state index is 13.3. The number of hydrogen-bond acceptors (Lipinski definition) is 1. The fourth-order valence-electron chi connectivity index (χ4n) is 1.65. The number of carbonyl (C=O) groups is 1. The highest BCUT2D eigenvalue weighted by Gasteiger charge is 2.13. The van der Waals surface area contributed by atoms with E-state index in [-0.39, 0.29) is 16.7 Å². The summed E-state index contributed by atoms with van der Waals surface area (Å²) in [6, 6.07) is 11.5. The Labute approximate surface area is 118 Å². The number of Topliss-reactive ketones (excluding diaryl/α,β-unsaturated/α-hetero) is 1. The summed E-state index contributed by atoms with van der Waals surface area (Å²) in [6.45, 7) is 0. The van der Waals surface area contributed by atoms with Crippen LogP contribution >= 0.6 is 27.5 Å².